The predicted molar refractivity (Wildman–Crippen MR) is 59.7 cm³/mol. The van der Waals surface area contributed by atoms with E-state index in [-0.39, 0.29) is 5.95 Å². The normalized spacial score (nSPS) is 11.1. The molecule has 0 fully saturated rings. The van der Waals surface area contributed by atoms with E-state index in [1.807, 2.05) is 19.1 Å². The summed E-state index contributed by atoms with van der Waals surface area (Å²) >= 11 is 0. The van der Waals surface area contributed by atoms with Crippen molar-refractivity contribution in [2.45, 2.75) is 6.92 Å². The Kier molecular flexibility index (Phi) is 1.70. The van der Waals surface area contributed by atoms with Crippen LogP contribution in [-0.4, -0.2) is 24.8 Å². The molecule has 6 nitrogen and oxygen atoms in total. The third-order valence-corrected chi connectivity index (χ3v) is 2.49. The summed E-state index contributed by atoms with van der Waals surface area (Å²) < 4.78 is 1.78. The zero-order valence-corrected chi connectivity index (χ0v) is 8.68. The van der Waals surface area contributed by atoms with Gasteiger partial charge in [0.05, 0.1) is 11.7 Å². The second-order valence-corrected chi connectivity index (χ2v) is 3.58. The molecule has 6 heteroatoms. The van der Waals surface area contributed by atoms with Crippen molar-refractivity contribution in [3.8, 4) is 11.3 Å². The van der Waals surface area contributed by atoms with Crippen molar-refractivity contribution in [2.75, 3.05) is 5.73 Å². The number of aryl methyl sites for hydroxylation is 1. The van der Waals surface area contributed by atoms with E-state index in [0.29, 0.717) is 0 Å². The molecular formula is C10H10N6. The maximum absolute atomic E-state index is 5.69. The first-order chi connectivity index (χ1) is 7.75. The smallest absolute Gasteiger partial charge is 0.238 e. The number of anilines is 1. The Morgan fingerprint density at radius 3 is 3.00 bits per heavy atom. The fraction of sp³-hybridized carbons (Fsp3) is 0.100. The van der Waals surface area contributed by atoms with Crippen LogP contribution in [0.3, 0.4) is 0 Å². The highest BCUT2D eigenvalue weighted by Gasteiger charge is 2.10. The first-order valence-electron chi connectivity index (χ1n) is 4.87. The molecule has 0 unspecified atom stereocenters. The number of H-pyrrole nitrogens is 1. The Labute approximate surface area is 91.1 Å². The van der Waals surface area contributed by atoms with Gasteiger partial charge in [0.1, 0.15) is 5.69 Å². The van der Waals surface area contributed by atoms with Gasteiger partial charge in [0.25, 0.3) is 0 Å². The van der Waals surface area contributed by atoms with Crippen LogP contribution in [0.25, 0.3) is 16.8 Å². The number of aromatic nitrogens is 5. The van der Waals surface area contributed by atoms with Crippen LogP contribution >= 0.6 is 0 Å². The molecule has 16 heavy (non-hydrogen) atoms. The minimum Gasteiger partial charge on any atom is -0.367 e. The van der Waals surface area contributed by atoms with Gasteiger partial charge in [-0.25, -0.2) is 9.50 Å². The highest BCUT2D eigenvalue weighted by molar-refractivity contribution is 5.76. The molecule has 0 bridgehead atoms. The molecule has 3 N–H and O–H groups in total. The molecule has 0 aliphatic carbocycles. The van der Waals surface area contributed by atoms with Crippen LogP contribution in [0, 0.1) is 6.92 Å². The van der Waals surface area contributed by atoms with Crippen molar-refractivity contribution >= 4 is 11.5 Å². The number of nitrogens with two attached hydrogens (primary N) is 1. The quantitative estimate of drug-likeness (QED) is 0.633. The Hall–Kier alpha value is -2.37. The summed E-state index contributed by atoms with van der Waals surface area (Å²) in [4.78, 5) is 4.24. The van der Waals surface area contributed by atoms with Gasteiger partial charge >= 0.3 is 0 Å². The van der Waals surface area contributed by atoms with Gasteiger partial charge in [-0.2, -0.15) is 5.10 Å². The van der Waals surface area contributed by atoms with Crippen molar-refractivity contribution in [2.24, 2.45) is 0 Å². The van der Waals surface area contributed by atoms with Gasteiger partial charge in [0, 0.05) is 17.5 Å². The summed E-state index contributed by atoms with van der Waals surface area (Å²) in [5.74, 6) is 0.253. The van der Waals surface area contributed by atoms with E-state index in [4.69, 9.17) is 5.73 Å². The van der Waals surface area contributed by atoms with Gasteiger partial charge in [-0.1, -0.05) is 0 Å². The molecule has 0 saturated heterocycles. The SMILES string of the molecule is Cc1ccc2c(-c3cn[nH]c3)nc(N)nn12. The summed E-state index contributed by atoms with van der Waals surface area (Å²) in [5, 5.41) is 10.8. The molecule has 0 aliphatic heterocycles. The maximum Gasteiger partial charge on any atom is 0.238 e. The Morgan fingerprint density at radius 1 is 1.38 bits per heavy atom. The summed E-state index contributed by atoms with van der Waals surface area (Å²) in [6.07, 6.45) is 3.49. The first-order valence-corrected chi connectivity index (χ1v) is 4.87. The highest BCUT2D eigenvalue weighted by Crippen LogP contribution is 2.22. The molecule has 3 rings (SSSR count). The van der Waals surface area contributed by atoms with Gasteiger partial charge in [0.15, 0.2) is 0 Å². The highest BCUT2D eigenvalue weighted by atomic mass is 15.3. The van der Waals surface area contributed by atoms with Crippen molar-refractivity contribution in [1.29, 1.82) is 0 Å². The maximum atomic E-state index is 5.69. The minimum atomic E-state index is 0.253. The topological polar surface area (TPSA) is 84.9 Å². The number of hydrogen-bond acceptors (Lipinski definition) is 4. The molecule has 0 amide bonds. The largest absolute Gasteiger partial charge is 0.367 e. The summed E-state index contributed by atoms with van der Waals surface area (Å²) in [6, 6.07) is 3.95. The third-order valence-electron chi connectivity index (χ3n) is 2.49. The first kappa shape index (κ1) is 8.90. The summed E-state index contributed by atoms with van der Waals surface area (Å²) in [5.41, 5.74) is 9.32. The van der Waals surface area contributed by atoms with Crippen LogP contribution in [0.2, 0.25) is 0 Å². The average Bonchev–Trinajstić information content (AvgIpc) is 2.88. The van der Waals surface area contributed by atoms with E-state index in [0.717, 1.165) is 22.5 Å². The molecule has 80 valence electrons. The van der Waals surface area contributed by atoms with Crippen molar-refractivity contribution < 1.29 is 0 Å². The molecule has 0 saturated carbocycles. The Balaban J connectivity index is 2.39. The number of nitrogens with zero attached hydrogens (tertiary/aromatic N) is 4. The Morgan fingerprint density at radius 2 is 2.25 bits per heavy atom. The van der Waals surface area contributed by atoms with E-state index in [1.54, 1.807) is 16.9 Å². The van der Waals surface area contributed by atoms with Crippen molar-refractivity contribution in [1.82, 2.24) is 24.8 Å². The van der Waals surface area contributed by atoms with Crippen LogP contribution in [0.1, 0.15) is 5.69 Å². The number of nitrogens with one attached hydrogen (secondary N) is 1. The number of rotatable bonds is 1. The monoisotopic (exact) mass is 214 g/mol. The van der Waals surface area contributed by atoms with E-state index in [2.05, 4.69) is 20.3 Å². The van der Waals surface area contributed by atoms with E-state index in [9.17, 15) is 0 Å². The fourth-order valence-electron chi connectivity index (χ4n) is 1.73. The summed E-state index contributed by atoms with van der Waals surface area (Å²) in [7, 11) is 0. The average molecular weight is 214 g/mol. The molecule has 3 heterocycles. The second-order valence-electron chi connectivity index (χ2n) is 3.58. The third kappa shape index (κ3) is 1.16. The standard InChI is InChI=1S/C10H10N6/c1-6-2-3-8-9(7-4-12-13-5-7)14-10(11)15-16(6)8/h2-5H,1H3,(H2,11,15)(H,12,13). The number of fused-ring (bicyclic) bond motifs is 1. The molecule has 3 aromatic rings. The van der Waals surface area contributed by atoms with E-state index >= 15 is 0 Å². The zero-order valence-electron chi connectivity index (χ0n) is 8.68. The van der Waals surface area contributed by atoms with Crippen molar-refractivity contribution in [3.05, 3.63) is 30.2 Å². The van der Waals surface area contributed by atoms with Crippen LogP contribution in [0.4, 0.5) is 5.95 Å². The van der Waals surface area contributed by atoms with Crippen LogP contribution in [0.15, 0.2) is 24.5 Å². The summed E-state index contributed by atoms with van der Waals surface area (Å²) in [6.45, 7) is 1.97. The zero-order chi connectivity index (χ0) is 11.1. The number of nitrogen functional groups attached to an aromatic ring is 1. The molecule has 0 radical (unpaired) electrons. The van der Waals surface area contributed by atoms with E-state index < -0.39 is 0 Å². The van der Waals surface area contributed by atoms with Gasteiger partial charge in [-0.3, -0.25) is 5.10 Å². The van der Waals surface area contributed by atoms with Crippen LogP contribution in [-0.2, 0) is 0 Å². The van der Waals surface area contributed by atoms with Crippen molar-refractivity contribution in [3.63, 3.8) is 0 Å². The van der Waals surface area contributed by atoms with Crippen LogP contribution < -0.4 is 5.73 Å². The lowest BCUT2D eigenvalue weighted by molar-refractivity contribution is 0.887. The molecule has 0 aromatic carbocycles. The number of hydrogen-bond donors (Lipinski definition) is 2. The molecule has 0 spiro atoms. The van der Waals surface area contributed by atoms with Crippen LogP contribution in [0.5, 0.6) is 0 Å². The van der Waals surface area contributed by atoms with E-state index in [1.165, 1.54) is 0 Å². The number of aromatic amines is 1. The molecule has 0 atom stereocenters. The Bertz CT molecular complexity index is 637. The lowest BCUT2D eigenvalue weighted by atomic mass is 10.2. The fourth-order valence-corrected chi connectivity index (χ4v) is 1.73. The molecule has 0 aliphatic rings. The van der Waals surface area contributed by atoms with Gasteiger partial charge in [0.2, 0.25) is 5.95 Å². The van der Waals surface area contributed by atoms with Gasteiger partial charge in [-0.15, -0.1) is 5.10 Å². The molecule has 3 aromatic heterocycles. The van der Waals surface area contributed by atoms with Gasteiger partial charge in [-0.05, 0) is 19.1 Å². The lowest BCUT2D eigenvalue weighted by Crippen LogP contribution is -2.04. The predicted octanol–water partition coefficient (Wildman–Crippen LogP) is 1.01. The lowest BCUT2D eigenvalue weighted by Gasteiger charge is -2.03. The molecular weight excluding hydrogens is 204 g/mol. The minimum absolute atomic E-state index is 0.253. The second kappa shape index (κ2) is 3.06. The van der Waals surface area contributed by atoms with Gasteiger partial charge < -0.3 is 5.73 Å².